The van der Waals surface area contributed by atoms with Gasteiger partial charge in [0.25, 0.3) is 0 Å². The highest BCUT2D eigenvalue weighted by Gasteiger charge is 2.40. The van der Waals surface area contributed by atoms with Crippen LogP contribution in [0.4, 0.5) is 18.9 Å². The number of para-hydroxylation sites is 2. The van der Waals surface area contributed by atoms with E-state index < -0.39 is 11.9 Å². The second-order valence-electron chi connectivity index (χ2n) is 6.50. The number of amides is 1. The molecule has 0 radical (unpaired) electrons. The number of halogens is 3. The van der Waals surface area contributed by atoms with Crippen LogP contribution in [0.1, 0.15) is 29.8 Å². The molecule has 2 heterocycles. The maximum atomic E-state index is 13.3. The van der Waals surface area contributed by atoms with Crippen LogP contribution in [-0.2, 0) is 30.4 Å². The lowest BCUT2D eigenvalue weighted by molar-refractivity contribution is -0.142. The van der Waals surface area contributed by atoms with Crippen molar-refractivity contribution in [3.63, 3.8) is 0 Å². The Labute approximate surface area is 148 Å². The summed E-state index contributed by atoms with van der Waals surface area (Å²) in [4.78, 5) is 14.4. The van der Waals surface area contributed by atoms with Gasteiger partial charge in [-0.3, -0.25) is 9.48 Å². The molecule has 1 aliphatic heterocycles. The number of aromatic nitrogens is 2. The van der Waals surface area contributed by atoms with Crippen molar-refractivity contribution in [2.45, 2.75) is 38.4 Å². The van der Waals surface area contributed by atoms with E-state index in [1.165, 1.54) is 4.68 Å². The van der Waals surface area contributed by atoms with Gasteiger partial charge in [-0.15, -0.1) is 0 Å². The van der Waals surface area contributed by atoms with Crippen LogP contribution >= 0.6 is 0 Å². The lowest BCUT2D eigenvalue weighted by Crippen LogP contribution is -2.40. The minimum absolute atomic E-state index is 0.202. The number of fused-ring (bicyclic) bond motifs is 2. The summed E-state index contributed by atoms with van der Waals surface area (Å²) in [6.07, 6.45) is -2.09. The van der Waals surface area contributed by atoms with Crippen LogP contribution in [0.15, 0.2) is 24.3 Å². The van der Waals surface area contributed by atoms with Gasteiger partial charge in [0.1, 0.15) is 18.9 Å². The smallest absolute Gasteiger partial charge is 0.435 e. The molecule has 0 saturated carbocycles. The number of anilines is 1. The van der Waals surface area contributed by atoms with Crippen LogP contribution in [0.2, 0.25) is 0 Å². The van der Waals surface area contributed by atoms with Crippen molar-refractivity contribution in [1.82, 2.24) is 9.78 Å². The third-order valence-electron chi connectivity index (χ3n) is 4.84. The summed E-state index contributed by atoms with van der Waals surface area (Å²) >= 11 is 0. The van der Waals surface area contributed by atoms with Crippen LogP contribution in [0.3, 0.4) is 0 Å². The molecule has 0 atom stereocenters. The minimum Gasteiger partial charge on any atom is -0.490 e. The Kier molecular flexibility index (Phi) is 4.13. The van der Waals surface area contributed by atoms with Crippen molar-refractivity contribution in [1.29, 1.82) is 0 Å². The van der Waals surface area contributed by atoms with Gasteiger partial charge in [0.15, 0.2) is 5.69 Å². The first-order valence-corrected chi connectivity index (χ1v) is 8.63. The lowest BCUT2D eigenvalue weighted by Gasteiger charge is -2.29. The maximum absolute atomic E-state index is 13.3. The number of benzene rings is 1. The van der Waals surface area contributed by atoms with E-state index in [0.29, 0.717) is 49.5 Å². The van der Waals surface area contributed by atoms with E-state index in [4.69, 9.17) is 4.74 Å². The largest absolute Gasteiger partial charge is 0.490 e. The summed E-state index contributed by atoms with van der Waals surface area (Å²) in [5.41, 5.74) is 0.584. The number of hydrogen-bond acceptors (Lipinski definition) is 3. The van der Waals surface area contributed by atoms with Crippen molar-refractivity contribution in [3.8, 4) is 5.75 Å². The number of carbonyl (C=O) groups excluding carboxylic acids is 1. The zero-order valence-corrected chi connectivity index (χ0v) is 14.1. The fourth-order valence-corrected chi connectivity index (χ4v) is 3.67. The molecule has 8 heteroatoms. The van der Waals surface area contributed by atoms with Gasteiger partial charge in [-0.2, -0.15) is 18.3 Å². The number of rotatable bonds is 2. The Morgan fingerprint density at radius 1 is 1.19 bits per heavy atom. The van der Waals surface area contributed by atoms with Crippen LogP contribution < -0.4 is 9.64 Å². The van der Waals surface area contributed by atoms with Crippen LogP contribution in [-0.4, -0.2) is 28.8 Å². The number of carbonyl (C=O) groups is 1. The first-order valence-electron chi connectivity index (χ1n) is 8.63. The molecule has 1 aliphatic carbocycles. The fraction of sp³-hybridized carbons (Fsp3) is 0.444. The molecule has 138 valence electrons. The van der Waals surface area contributed by atoms with Crippen molar-refractivity contribution in [2.75, 3.05) is 18.1 Å². The average molecular weight is 365 g/mol. The molecule has 0 N–H and O–H groups in total. The number of hydrogen-bond donors (Lipinski definition) is 0. The molecule has 1 aromatic carbocycles. The molecule has 1 amide bonds. The zero-order valence-electron chi connectivity index (χ0n) is 14.1. The van der Waals surface area contributed by atoms with Gasteiger partial charge in [0.05, 0.1) is 12.2 Å². The van der Waals surface area contributed by atoms with Crippen molar-refractivity contribution in [3.05, 3.63) is 41.2 Å². The van der Waals surface area contributed by atoms with E-state index >= 15 is 0 Å². The van der Waals surface area contributed by atoms with E-state index in [-0.39, 0.29) is 18.0 Å². The van der Waals surface area contributed by atoms with Gasteiger partial charge < -0.3 is 9.64 Å². The van der Waals surface area contributed by atoms with Crippen LogP contribution in [0.5, 0.6) is 5.75 Å². The van der Waals surface area contributed by atoms with E-state index in [9.17, 15) is 18.0 Å². The highest BCUT2D eigenvalue weighted by Crippen LogP contribution is 2.36. The van der Waals surface area contributed by atoms with Gasteiger partial charge >= 0.3 is 6.18 Å². The monoisotopic (exact) mass is 365 g/mol. The van der Waals surface area contributed by atoms with E-state index in [1.807, 2.05) is 6.07 Å². The predicted octanol–water partition coefficient (Wildman–Crippen LogP) is 3.21. The molecule has 0 fully saturated rings. The highest BCUT2D eigenvalue weighted by atomic mass is 19.4. The van der Waals surface area contributed by atoms with Crippen molar-refractivity contribution < 1.29 is 22.7 Å². The predicted molar refractivity (Wildman–Crippen MR) is 88.2 cm³/mol. The molecule has 0 unspecified atom stereocenters. The standard InChI is InChI=1S/C18H18F3N3O2/c19-18(20,21)17-12-5-1-2-6-13(12)24(22-17)11-16(25)23-9-10-26-15-8-4-3-7-14(15)23/h3-4,7-8H,1-2,5-6,9-11H2. The summed E-state index contributed by atoms with van der Waals surface area (Å²) in [6, 6.07) is 7.15. The molecule has 4 rings (SSSR count). The zero-order chi connectivity index (χ0) is 18.3. The molecule has 0 bridgehead atoms. The lowest BCUT2D eigenvalue weighted by atomic mass is 9.95. The molecular weight excluding hydrogens is 347 g/mol. The summed E-state index contributed by atoms with van der Waals surface area (Å²) in [5, 5.41) is 3.77. The van der Waals surface area contributed by atoms with E-state index in [0.717, 1.165) is 6.42 Å². The van der Waals surface area contributed by atoms with Gasteiger partial charge in [-0.1, -0.05) is 12.1 Å². The van der Waals surface area contributed by atoms with Gasteiger partial charge in [0, 0.05) is 11.3 Å². The normalized spacial score (nSPS) is 16.7. The molecule has 26 heavy (non-hydrogen) atoms. The molecular formula is C18H18F3N3O2. The summed E-state index contributed by atoms with van der Waals surface area (Å²) < 4.78 is 46.6. The Morgan fingerprint density at radius 3 is 2.77 bits per heavy atom. The topological polar surface area (TPSA) is 47.4 Å². The Hall–Kier alpha value is -2.51. The van der Waals surface area contributed by atoms with E-state index in [2.05, 4.69) is 5.10 Å². The van der Waals surface area contributed by atoms with Crippen molar-refractivity contribution in [2.24, 2.45) is 0 Å². The highest BCUT2D eigenvalue weighted by molar-refractivity contribution is 5.95. The molecule has 2 aliphatic rings. The van der Waals surface area contributed by atoms with Gasteiger partial charge in [0.2, 0.25) is 5.91 Å². The van der Waals surface area contributed by atoms with Gasteiger partial charge in [-0.05, 0) is 37.8 Å². The van der Waals surface area contributed by atoms with Gasteiger partial charge in [-0.25, -0.2) is 0 Å². The first kappa shape index (κ1) is 16.9. The summed E-state index contributed by atoms with van der Waals surface area (Å²) in [6.45, 7) is 0.520. The average Bonchev–Trinajstić information content (AvgIpc) is 3.00. The van der Waals surface area contributed by atoms with Crippen LogP contribution in [0.25, 0.3) is 0 Å². The molecule has 1 aromatic heterocycles. The number of nitrogens with zero attached hydrogens (tertiary/aromatic N) is 3. The second-order valence-corrected chi connectivity index (χ2v) is 6.50. The first-order chi connectivity index (χ1) is 12.4. The van der Waals surface area contributed by atoms with E-state index in [1.54, 1.807) is 23.1 Å². The second kappa shape index (κ2) is 6.34. The Morgan fingerprint density at radius 2 is 1.96 bits per heavy atom. The van der Waals surface area contributed by atoms with Crippen LogP contribution in [0, 0.1) is 0 Å². The number of ether oxygens (including phenoxy) is 1. The fourth-order valence-electron chi connectivity index (χ4n) is 3.67. The molecule has 0 spiro atoms. The molecule has 5 nitrogen and oxygen atoms in total. The SMILES string of the molecule is O=C(Cn1nc(C(F)(F)F)c2c1CCCC2)N1CCOc2ccccc21. The minimum atomic E-state index is -4.50. The summed E-state index contributed by atoms with van der Waals surface area (Å²) in [7, 11) is 0. The summed E-state index contributed by atoms with van der Waals surface area (Å²) in [5.74, 6) is 0.316. The number of alkyl halides is 3. The third kappa shape index (κ3) is 2.93. The molecule has 0 saturated heterocycles. The molecule has 2 aromatic rings. The third-order valence-corrected chi connectivity index (χ3v) is 4.84. The Balaban J connectivity index is 1.64. The Bertz CT molecular complexity index is 845. The maximum Gasteiger partial charge on any atom is 0.435 e. The van der Waals surface area contributed by atoms with Crippen molar-refractivity contribution >= 4 is 11.6 Å². The quantitative estimate of drug-likeness (QED) is 0.821.